The van der Waals surface area contributed by atoms with Crippen LogP contribution in [0.5, 0.6) is 0 Å². The Balaban J connectivity index is 2.52. The van der Waals surface area contributed by atoms with E-state index in [2.05, 4.69) is 26.2 Å². The molecule has 0 unspecified atom stereocenters. The third kappa shape index (κ3) is 3.51. The summed E-state index contributed by atoms with van der Waals surface area (Å²) in [4.78, 5) is 14.2. The van der Waals surface area contributed by atoms with Crippen LogP contribution in [0.2, 0.25) is 0 Å². The molecule has 0 saturated carbocycles. The zero-order valence-corrected chi connectivity index (χ0v) is 9.68. The molecule has 0 fully saturated rings. The number of aromatic amines is 1. The van der Waals surface area contributed by atoms with Gasteiger partial charge in [-0.3, -0.25) is 4.79 Å². The highest BCUT2D eigenvalue weighted by atomic mass is 79.9. The maximum Gasteiger partial charge on any atom is 0.267 e. The summed E-state index contributed by atoms with van der Waals surface area (Å²) in [5.41, 5.74) is -0.416. The van der Waals surface area contributed by atoms with E-state index in [0.717, 1.165) is 4.47 Å². The molecule has 0 aliphatic rings. The van der Waals surface area contributed by atoms with E-state index in [4.69, 9.17) is 0 Å². The van der Waals surface area contributed by atoms with Gasteiger partial charge in [0.2, 0.25) is 0 Å². The summed E-state index contributed by atoms with van der Waals surface area (Å²) >= 11 is 3.23. The number of H-pyrrole nitrogens is 1. The first-order valence-corrected chi connectivity index (χ1v) is 5.02. The van der Waals surface area contributed by atoms with E-state index in [0.29, 0.717) is 5.69 Å². The van der Waals surface area contributed by atoms with Crippen molar-refractivity contribution in [1.82, 2.24) is 10.3 Å². The molecule has 1 heterocycles. The summed E-state index contributed by atoms with van der Waals surface area (Å²) in [5.74, 6) is -0.224. The Labute approximate surface area is 90.8 Å². The van der Waals surface area contributed by atoms with Crippen LogP contribution in [0.3, 0.4) is 0 Å². The van der Waals surface area contributed by atoms with Crippen molar-refractivity contribution in [3.05, 3.63) is 22.4 Å². The lowest BCUT2D eigenvalue weighted by molar-refractivity contribution is 0.0692. The number of hydrogen-bond acceptors (Lipinski definition) is 2. The van der Waals surface area contributed by atoms with Crippen LogP contribution in [0, 0.1) is 0 Å². The Morgan fingerprint density at radius 1 is 1.71 bits per heavy atom. The summed E-state index contributed by atoms with van der Waals surface area (Å²) in [6, 6.07) is 1.68. The molecular weight excluding hydrogens is 248 g/mol. The van der Waals surface area contributed by atoms with Crippen LogP contribution in [0.15, 0.2) is 16.7 Å². The van der Waals surface area contributed by atoms with Crippen molar-refractivity contribution in [1.29, 1.82) is 0 Å². The highest BCUT2D eigenvalue weighted by Gasteiger charge is 2.15. The van der Waals surface area contributed by atoms with Gasteiger partial charge in [-0.1, -0.05) is 0 Å². The molecule has 3 N–H and O–H groups in total. The second-order valence-electron chi connectivity index (χ2n) is 3.73. The fourth-order valence-corrected chi connectivity index (χ4v) is 1.23. The number of nitrogens with one attached hydrogen (secondary N) is 2. The van der Waals surface area contributed by atoms with Crippen LogP contribution in [-0.4, -0.2) is 28.1 Å². The number of carbonyl (C=O) groups excluding carboxylic acids is 1. The molecule has 0 saturated heterocycles. The summed E-state index contributed by atoms with van der Waals surface area (Å²) < 4.78 is 0.825. The van der Waals surface area contributed by atoms with E-state index >= 15 is 0 Å². The first-order valence-electron chi connectivity index (χ1n) is 4.23. The minimum Gasteiger partial charge on any atom is -0.389 e. The fraction of sp³-hybridized carbons (Fsp3) is 0.444. The topological polar surface area (TPSA) is 65.1 Å². The van der Waals surface area contributed by atoms with Crippen LogP contribution in [0.25, 0.3) is 0 Å². The van der Waals surface area contributed by atoms with Gasteiger partial charge >= 0.3 is 0 Å². The van der Waals surface area contributed by atoms with E-state index in [1.54, 1.807) is 26.1 Å². The number of aliphatic hydroxyl groups is 1. The van der Waals surface area contributed by atoms with E-state index in [9.17, 15) is 9.90 Å². The van der Waals surface area contributed by atoms with Gasteiger partial charge in [-0.05, 0) is 35.8 Å². The predicted octanol–water partition coefficient (Wildman–Crippen LogP) is 1.28. The predicted molar refractivity (Wildman–Crippen MR) is 57.1 cm³/mol. The van der Waals surface area contributed by atoms with Gasteiger partial charge in [-0.25, -0.2) is 0 Å². The van der Waals surface area contributed by atoms with E-state index in [1.807, 2.05) is 0 Å². The van der Waals surface area contributed by atoms with Crippen LogP contribution in [0.4, 0.5) is 0 Å². The Kier molecular flexibility index (Phi) is 3.34. The average molecular weight is 261 g/mol. The van der Waals surface area contributed by atoms with E-state index in [-0.39, 0.29) is 12.5 Å². The standard InChI is InChI=1S/C9H13BrN2O2/c1-9(2,14)5-12-8(13)7-3-6(10)4-11-7/h3-4,11,14H,5H2,1-2H3,(H,12,13). The summed E-state index contributed by atoms with van der Waals surface area (Å²) in [6.45, 7) is 3.50. The molecule has 14 heavy (non-hydrogen) atoms. The van der Waals surface area contributed by atoms with Crippen molar-refractivity contribution in [3.63, 3.8) is 0 Å². The van der Waals surface area contributed by atoms with Gasteiger partial charge in [0.05, 0.1) is 5.60 Å². The fourth-order valence-electron chi connectivity index (χ4n) is 0.891. The second-order valence-corrected chi connectivity index (χ2v) is 4.64. The Morgan fingerprint density at radius 3 is 2.79 bits per heavy atom. The molecule has 1 aromatic rings. The molecule has 0 aromatic carbocycles. The van der Waals surface area contributed by atoms with Gasteiger partial charge in [0.25, 0.3) is 5.91 Å². The molecule has 1 amide bonds. The van der Waals surface area contributed by atoms with Gasteiger partial charge in [0.15, 0.2) is 0 Å². The largest absolute Gasteiger partial charge is 0.389 e. The molecule has 1 rings (SSSR count). The normalized spacial score (nSPS) is 11.4. The number of rotatable bonds is 3. The third-order valence-electron chi connectivity index (χ3n) is 1.57. The van der Waals surface area contributed by atoms with Crippen molar-refractivity contribution < 1.29 is 9.90 Å². The summed E-state index contributed by atoms with van der Waals surface area (Å²) in [6.07, 6.45) is 1.68. The lowest BCUT2D eigenvalue weighted by atomic mass is 10.1. The number of amides is 1. The smallest absolute Gasteiger partial charge is 0.267 e. The molecule has 5 heteroatoms. The van der Waals surface area contributed by atoms with Gasteiger partial charge in [-0.15, -0.1) is 0 Å². The van der Waals surface area contributed by atoms with Gasteiger partial charge in [0, 0.05) is 17.2 Å². The first kappa shape index (κ1) is 11.3. The van der Waals surface area contributed by atoms with Crippen molar-refractivity contribution >= 4 is 21.8 Å². The van der Waals surface area contributed by atoms with Crippen molar-refractivity contribution in [2.24, 2.45) is 0 Å². The van der Waals surface area contributed by atoms with Gasteiger partial charge in [-0.2, -0.15) is 0 Å². The molecule has 0 atom stereocenters. The monoisotopic (exact) mass is 260 g/mol. The second kappa shape index (κ2) is 4.14. The molecule has 0 radical (unpaired) electrons. The number of hydrogen-bond donors (Lipinski definition) is 3. The Morgan fingerprint density at radius 2 is 2.36 bits per heavy atom. The molecule has 78 valence electrons. The maximum atomic E-state index is 11.4. The van der Waals surface area contributed by atoms with Crippen molar-refractivity contribution in [2.45, 2.75) is 19.4 Å². The van der Waals surface area contributed by atoms with Crippen LogP contribution in [0.1, 0.15) is 24.3 Å². The quantitative estimate of drug-likeness (QED) is 0.767. The van der Waals surface area contributed by atoms with E-state index < -0.39 is 5.60 Å². The highest BCUT2D eigenvalue weighted by molar-refractivity contribution is 9.10. The van der Waals surface area contributed by atoms with Crippen LogP contribution >= 0.6 is 15.9 Å². The Bertz CT molecular complexity index is 328. The molecule has 4 nitrogen and oxygen atoms in total. The van der Waals surface area contributed by atoms with Gasteiger partial charge < -0.3 is 15.4 Å². The SMILES string of the molecule is CC(C)(O)CNC(=O)c1cc(Br)c[nH]1. The minimum atomic E-state index is -0.889. The molecule has 0 bridgehead atoms. The number of halogens is 1. The minimum absolute atomic E-state index is 0.224. The maximum absolute atomic E-state index is 11.4. The number of aromatic nitrogens is 1. The Hall–Kier alpha value is -0.810. The zero-order chi connectivity index (χ0) is 10.8. The van der Waals surface area contributed by atoms with Crippen LogP contribution < -0.4 is 5.32 Å². The van der Waals surface area contributed by atoms with Crippen molar-refractivity contribution in [2.75, 3.05) is 6.54 Å². The lowest BCUT2D eigenvalue weighted by Crippen LogP contribution is -2.38. The summed E-state index contributed by atoms with van der Waals surface area (Å²) in [5, 5.41) is 12.0. The average Bonchev–Trinajstić information content (AvgIpc) is 2.46. The molecule has 0 aliphatic heterocycles. The molecule has 0 spiro atoms. The molecule has 0 aliphatic carbocycles. The lowest BCUT2D eigenvalue weighted by Gasteiger charge is -2.17. The molecule has 1 aromatic heterocycles. The highest BCUT2D eigenvalue weighted by Crippen LogP contribution is 2.10. The van der Waals surface area contributed by atoms with Gasteiger partial charge in [0.1, 0.15) is 5.69 Å². The molecular formula is C9H13BrN2O2. The first-order chi connectivity index (χ1) is 6.38. The van der Waals surface area contributed by atoms with Crippen LogP contribution in [-0.2, 0) is 0 Å². The van der Waals surface area contributed by atoms with Crippen molar-refractivity contribution in [3.8, 4) is 0 Å². The number of carbonyl (C=O) groups is 1. The zero-order valence-electron chi connectivity index (χ0n) is 8.10. The third-order valence-corrected chi connectivity index (χ3v) is 2.03. The summed E-state index contributed by atoms with van der Waals surface area (Å²) in [7, 11) is 0. The van der Waals surface area contributed by atoms with E-state index in [1.165, 1.54) is 0 Å².